The van der Waals surface area contributed by atoms with Gasteiger partial charge in [-0.15, -0.1) is 0 Å². The van der Waals surface area contributed by atoms with Crippen LogP contribution < -0.4 is 4.90 Å². The van der Waals surface area contributed by atoms with Crippen molar-refractivity contribution in [3.8, 4) is 0 Å². The highest BCUT2D eigenvalue weighted by atomic mass is 16.3. The summed E-state index contributed by atoms with van der Waals surface area (Å²) >= 11 is 0. The Kier molecular flexibility index (Phi) is 5.85. The lowest BCUT2D eigenvalue weighted by Crippen LogP contribution is -2.46. The Hall–Kier alpha value is -2.48. The molecule has 2 aromatic heterocycles. The largest absolute Gasteiger partial charge is 0.447 e. The van der Waals surface area contributed by atoms with Crippen LogP contribution in [0.3, 0.4) is 0 Å². The molecule has 2 saturated heterocycles. The van der Waals surface area contributed by atoms with Gasteiger partial charge in [0.1, 0.15) is 6.26 Å². The second kappa shape index (κ2) is 8.68. The number of nitrogens with zero attached hydrogens (tertiary/aromatic N) is 6. The van der Waals surface area contributed by atoms with E-state index in [1.54, 1.807) is 12.4 Å². The summed E-state index contributed by atoms with van der Waals surface area (Å²) in [5.74, 6) is 1.39. The van der Waals surface area contributed by atoms with Crippen LogP contribution in [-0.4, -0.2) is 69.4 Å². The number of carbonyl (C=O) groups excluding carboxylic acids is 1. The summed E-state index contributed by atoms with van der Waals surface area (Å²) in [6.07, 6.45) is 9.41. The molecular weight excluding hydrogens is 356 g/mol. The van der Waals surface area contributed by atoms with Crippen LogP contribution in [0.4, 0.5) is 5.95 Å². The summed E-state index contributed by atoms with van der Waals surface area (Å²) in [5, 5.41) is 0. The summed E-state index contributed by atoms with van der Waals surface area (Å²) in [6, 6.07) is 2.16. The molecule has 0 N–H and O–H groups in total. The van der Waals surface area contributed by atoms with E-state index in [-0.39, 0.29) is 5.91 Å². The fraction of sp³-hybridized carbons (Fsp3) is 0.600. The topological polar surface area (TPSA) is 78.6 Å². The van der Waals surface area contributed by atoms with Crippen molar-refractivity contribution in [2.45, 2.75) is 45.2 Å². The molecule has 2 aromatic rings. The zero-order valence-electron chi connectivity index (χ0n) is 16.5. The standard InChI is InChI=1S/C20H28N6O2/c1-2-16-6-3-4-9-26(16)19(27)17-15-28-18(23-17)14-24-10-12-25(13-11-24)20-21-7-5-8-22-20/h5,7-8,15-16H,2-4,6,9-14H2,1H3/t16-/m0/s1. The molecule has 28 heavy (non-hydrogen) atoms. The molecule has 4 heterocycles. The van der Waals surface area contributed by atoms with Crippen LogP contribution in [0.15, 0.2) is 29.1 Å². The lowest BCUT2D eigenvalue weighted by atomic mass is 10.00. The van der Waals surface area contributed by atoms with Crippen molar-refractivity contribution < 1.29 is 9.21 Å². The fourth-order valence-electron chi connectivity index (χ4n) is 4.07. The molecule has 8 heteroatoms. The van der Waals surface area contributed by atoms with Crippen molar-refractivity contribution in [1.29, 1.82) is 0 Å². The number of amides is 1. The normalized spacial score (nSPS) is 21.1. The maximum Gasteiger partial charge on any atom is 0.276 e. The van der Waals surface area contributed by atoms with Gasteiger partial charge in [0.2, 0.25) is 11.8 Å². The maximum atomic E-state index is 12.8. The number of piperazine rings is 1. The van der Waals surface area contributed by atoms with Crippen LogP contribution in [0.1, 0.15) is 49.0 Å². The molecule has 2 aliphatic rings. The summed E-state index contributed by atoms with van der Waals surface area (Å²) in [4.78, 5) is 32.4. The van der Waals surface area contributed by atoms with E-state index in [0.717, 1.165) is 57.9 Å². The maximum absolute atomic E-state index is 12.8. The van der Waals surface area contributed by atoms with E-state index >= 15 is 0 Å². The Bertz CT molecular complexity index is 772. The summed E-state index contributed by atoms with van der Waals surface area (Å²) in [7, 11) is 0. The first kappa shape index (κ1) is 18.9. The van der Waals surface area contributed by atoms with E-state index in [4.69, 9.17) is 4.42 Å². The number of aromatic nitrogens is 3. The second-order valence-corrected chi connectivity index (χ2v) is 7.49. The van der Waals surface area contributed by atoms with Gasteiger partial charge < -0.3 is 14.2 Å². The number of anilines is 1. The number of rotatable bonds is 5. The second-order valence-electron chi connectivity index (χ2n) is 7.49. The lowest BCUT2D eigenvalue weighted by Gasteiger charge is -2.34. The van der Waals surface area contributed by atoms with E-state index < -0.39 is 0 Å². The van der Waals surface area contributed by atoms with Gasteiger partial charge in [0.05, 0.1) is 6.54 Å². The quantitative estimate of drug-likeness (QED) is 0.782. The zero-order chi connectivity index (χ0) is 19.3. The minimum Gasteiger partial charge on any atom is -0.447 e. The highest BCUT2D eigenvalue weighted by molar-refractivity contribution is 5.92. The van der Waals surface area contributed by atoms with Gasteiger partial charge in [-0.05, 0) is 31.7 Å². The summed E-state index contributed by atoms with van der Waals surface area (Å²) in [5.41, 5.74) is 0.437. The fourth-order valence-corrected chi connectivity index (χ4v) is 4.07. The molecule has 150 valence electrons. The monoisotopic (exact) mass is 384 g/mol. The highest BCUT2D eigenvalue weighted by Crippen LogP contribution is 2.22. The van der Waals surface area contributed by atoms with Crippen molar-refractivity contribution in [2.75, 3.05) is 37.6 Å². The molecular formula is C20H28N6O2. The predicted molar refractivity (Wildman–Crippen MR) is 105 cm³/mol. The Morgan fingerprint density at radius 3 is 2.68 bits per heavy atom. The molecule has 0 bridgehead atoms. The third-order valence-electron chi connectivity index (χ3n) is 5.70. The van der Waals surface area contributed by atoms with E-state index in [1.165, 1.54) is 12.7 Å². The van der Waals surface area contributed by atoms with Crippen molar-refractivity contribution in [3.63, 3.8) is 0 Å². The Labute approximate surface area is 165 Å². The van der Waals surface area contributed by atoms with Gasteiger partial charge in [-0.25, -0.2) is 15.0 Å². The van der Waals surface area contributed by atoms with Crippen molar-refractivity contribution in [1.82, 2.24) is 24.8 Å². The third-order valence-corrected chi connectivity index (χ3v) is 5.70. The molecule has 0 radical (unpaired) electrons. The van der Waals surface area contributed by atoms with Crippen LogP contribution in [0.5, 0.6) is 0 Å². The first-order chi connectivity index (χ1) is 13.7. The molecule has 1 amide bonds. The lowest BCUT2D eigenvalue weighted by molar-refractivity contribution is 0.0602. The molecule has 0 spiro atoms. The van der Waals surface area contributed by atoms with Crippen LogP contribution in [0.25, 0.3) is 0 Å². The van der Waals surface area contributed by atoms with Gasteiger partial charge in [-0.3, -0.25) is 9.69 Å². The Morgan fingerprint density at radius 1 is 1.14 bits per heavy atom. The Morgan fingerprint density at radius 2 is 1.93 bits per heavy atom. The number of oxazole rings is 1. The molecule has 0 saturated carbocycles. The van der Waals surface area contributed by atoms with Crippen LogP contribution in [0.2, 0.25) is 0 Å². The summed E-state index contributed by atoms with van der Waals surface area (Å²) < 4.78 is 5.62. The Balaban J connectivity index is 1.32. The SMILES string of the molecule is CC[C@H]1CCCCN1C(=O)c1coc(CN2CCN(c3ncccn3)CC2)n1. The van der Waals surface area contributed by atoms with E-state index in [1.807, 2.05) is 11.0 Å². The minimum atomic E-state index is 0.00703. The zero-order valence-corrected chi connectivity index (χ0v) is 16.5. The van der Waals surface area contributed by atoms with Crippen LogP contribution >= 0.6 is 0 Å². The third kappa shape index (κ3) is 4.16. The van der Waals surface area contributed by atoms with Crippen molar-refractivity contribution >= 4 is 11.9 Å². The molecule has 2 aliphatic heterocycles. The van der Waals surface area contributed by atoms with Gasteiger partial charge in [0.25, 0.3) is 5.91 Å². The van der Waals surface area contributed by atoms with Gasteiger partial charge in [0.15, 0.2) is 5.69 Å². The minimum absolute atomic E-state index is 0.00703. The molecule has 1 atom stereocenters. The van der Waals surface area contributed by atoms with Gasteiger partial charge in [-0.1, -0.05) is 6.92 Å². The van der Waals surface area contributed by atoms with E-state index in [0.29, 0.717) is 24.2 Å². The smallest absolute Gasteiger partial charge is 0.276 e. The molecule has 8 nitrogen and oxygen atoms in total. The van der Waals surface area contributed by atoms with Crippen LogP contribution in [-0.2, 0) is 6.54 Å². The summed E-state index contributed by atoms with van der Waals surface area (Å²) in [6.45, 7) is 7.08. The van der Waals surface area contributed by atoms with E-state index in [9.17, 15) is 4.79 Å². The highest BCUT2D eigenvalue weighted by Gasteiger charge is 2.28. The first-order valence-corrected chi connectivity index (χ1v) is 10.2. The average molecular weight is 384 g/mol. The van der Waals surface area contributed by atoms with Crippen molar-refractivity contribution in [3.05, 3.63) is 36.3 Å². The molecule has 2 fully saturated rings. The van der Waals surface area contributed by atoms with Crippen molar-refractivity contribution in [2.24, 2.45) is 0 Å². The molecule has 0 aromatic carbocycles. The van der Waals surface area contributed by atoms with Gasteiger partial charge >= 0.3 is 0 Å². The average Bonchev–Trinajstić information content (AvgIpc) is 3.23. The number of carbonyl (C=O) groups is 1. The molecule has 4 rings (SSSR count). The molecule has 0 aliphatic carbocycles. The van der Waals surface area contributed by atoms with Crippen LogP contribution in [0, 0.1) is 0 Å². The number of likely N-dealkylation sites (tertiary alicyclic amines) is 1. The van der Waals surface area contributed by atoms with E-state index in [2.05, 4.69) is 31.7 Å². The molecule has 0 unspecified atom stereocenters. The number of hydrogen-bond acceptors (Lipinski definition) is 7. The first-order valence-electron chi connectivity index (χ1n) is 10.2. The van der Waals surface area contributed by atoms with Gasteiger partial charge in [0, 0.05) is 51.2 Å². The predicted octanol–water partition coefficient (Wildman–Crippen LogP) is 2.19. The number of hydrogen-bond donors (Lipinski definition) is 0. The number of piperidine rings is 1. The van der Waals surface area contributed by atoms with Gasteiger partial charge in [-0.2, -0.15) is 0 Å².